The number of alkyl halides is 3. The van der Waals surface area contributed by atoms with E-state index in [1.807, 2.05) is 20.0 Å². The summed E-state index contributed by atoms with van der Waals surface area (Å²) in [5, 5.41) is 0. The van der Waals surface area contributed by atoms with E-state index in [2.05, 4.69) is 14.5 Å². The van der Waals surface area contributed by atoms with Gasteiger partial charge < -0.3 is 15.0 Å². The van der Waals surface area contributed by atoms with Gasteiger partial charge in [-0.25, -0.2) is 9.97 Å². The lowest BCUT2D eigenvalue weighted by atomic mass is 9.64. The third kappa shape index (κ3) is 2.76. The highest BCUT2D eigenvalue weighted by Gasteiger charge is 2.50. The Hall–Kier alpha value is -2.09. The highest BCUT2D eigenvalue weighted by atomic mass is 19.4. The number of ether oxygens (including phenoxy) is 1. The number of hydrogen-bond acceptors (Lipinski definition) is 4. The molecule has 0 atom stereocenters. The molecule has 140 valence electrons. The van der Waals surface area contributed by atoms with E-state index in [1.165, 1.54) is 6.20 Å². The Kier molecular flexibility index (Phi) is 3.80. The van der Waals surface area contributed by atoms with Gasteiger partial charge in [0.2, 0.25) is 0 Å². The molecule has 8 heteroatoms. The van der Waals surface area contributed by atoms with Crippen LogP contribution >= 0.6 is 0 Å². The summed E-state index contributed by atoms with van der Waals surface area (Å²) in [5.41, 5.74) is 5.60. The van der Waals surface area contributed by atoms with Crippen LogP contribution in [0.4, 0.5) is 19.0 Å². The van der Waals surface area contributed by atoms with E-state index in [-0.39, 0.29) is 5.92 Å². The maximum atomic E-state index is 13.1. The first-order chi connectivity index (χ1) is 12.2. The zero-order valence-electron chi connectivity index (χ0n) is 14.7. The zero-order valence-corrected chi connectivity index (χ0v) is 14.7. The maximum Gasteiger partial charge on any atom is 0.419 e. The van der Waals surface area contributed by atoms with Gasteiger partial charge in [-0.15, -0.1) is 0 Å². The van der Waals surface area contributed by atoms with Crippen molar-refractivity contribution in [2.24, 2.45) is 5.41 Å². The van der Waals surface area contributed by atoms with Gasteiger partial charge in [0.05, 0.1) is 24.5 Å². The van der Waals surface area contributed by atoms with E-state index < -0.39 is 17.6 Å². The summed E-state index contributed by atoms with van der Waals surface area (Å²) in [5.74, 6) is 0.530. The van der Waals surface area contributed by atoms with Crippen molar-refractivity contribution in [3.05, 3.63) is 29.8 Å². The van der Waals surface area contributed by atoms with Crippen LogP contribution in [0.25, 0.3) is 11.3 Å². The number of nitrogens with zero attached hydrogens (tertiary/aromatic N) is 3. The molecule has 5 nitrogen and oxygen atoms in total. The molecular formula is C18H21F3N4O. The lowest BCUT2D eigenvalue weighted by molar-refractivity contribution is -0.174. The van der Waals surface area contributed by atoms with Crippen molar-refractivity contribution < 1.29 is 17.9 Å². The fourth-order valence-corrected chi connectivity index (χ4v) is 3.87. The Morgan fingerprint density at radius 3 is 2.54 bits per heavy atom. The van der Waals surface area contributed by atoms with E-state index in [1.54, 1.807) is 0 Å². The summed E-state index contributed by atoms with van der Waals surface area (Å²) in [6, 6.07) is 1.35. The summed E-state index contributed by atoms with van der Waals surface area (Å²) in [7, 11) is 0. The molecule has 2 aromatic rings. The van der Waals surface area contributed by atoms with Crippen LogP contribution in [0, 0.1) is 5.41 Å². The van der Waals surface area contributed by atoms with Crippen LogP contribution < -0.4 is 5.73 Å². The molecule has 1 aliphatic heterocycles. The van der Waals surface area contributed by atoms with Crippen molar-refractivity contribution in [1.29, 1.82) is 0 Å². The molecule has 1 spiro atoms. The molecule has 1 aliphatic carbocycles. The zero-order chi connectivity index (χ0) is 18.7. The SMILES string of the molecule is CC(C)c1nc(-c2cnc(N)c(C(F)(F)F)c2)cn1C1CC2(COC2)C1. The number of anilines is 1. The van der Waals surface area contributed by atoms with Crippen LogP contribution in [0.1, 0.15) is 50.0 Å². The molecule has 1 saturated heterocycles. The molecule has 26 heavy (non-hydrogen) atoms. The van der Waals surface area contributed by atoms with Crippen LogP contribution in [0.2, 0.25) is 0 Å². The van der Waals surface area contributed by atoms with E-state index in [0.29, 0.717) is 22.7 Å². The number of nitrogens with two attached hydrogens (primary N) is 1. The molecule has 2 N–H and O–H groups in total. The van der Waals surface area contributed by atoms with Crippen molar-refractivity contribution >= 4 is 5.82 Å². The Bertz CT molecular complexity index is 831. The fraction of sp³-hybridized carbons (Fsp3) is 0.556. The Morgan fingerprint density at radius 1 is 1.31 bits per heavy atom. The van der Waals surface area contributed by atoms with Crippen molar-refractivity contribution in [2.45, 2.75) is 44.8 Å². The molecule has 1 saturated carbocycles. The summed E-state index contributed by atoms with van der Waals surface area (Å²) >= 11 is 0. The van der Waals surface area contributed by atoms with Gasteiger partial charge in [-0.1, -0.05) is 13.8 Å². The summed E-state index contributed by atoms with van der Waals surface area (Å²) in [6.07, 6.45) is 0.705. The second-order valence-corrected chi connectivity index (χ2v) is 7.76. The van der Waals surface area contributed by atoms with Gasteiger partial charge >= 0.3 is 6.18 Å². The first kappa shape index (κ1) is 17.3. The third-order valence-electron chi connectivity index (χ3n) is 5.34. The summed E-state index contributed by atoms with van der Waals surface area (Å²) in [4.78, 5) is 8.33. The molecule has 3 heterocycles. The maximum absolute atomic E-state index is 13.1. The van der Waals surface area contributed by atoms with Gasteiger partial charge in [0, 0.05) is 35.3 Å². The number of rotatable bonds is 3. The van der Waals surface area contributed by atoms with Crippen LogP contribution in [-0.4, -0.2) is 27.7 Å². The quantitative estimate of drug-likeness (QED) is 0.891. The van der Waals surface area contributed by atoms with Crippen LogP contribution in [0.3, 0.4) is 0 Å². The lowest BCUT2D eigenvalue weighted by Crippen LogP contribution is -2.52. The molecule has 0 unspecified atom stereocenters. The van der Waals surface area contributed by atoms with E-state index >= 15 is 0 Å². The number of imidazole rings is 1. The average Bonchev–Trinajstić information content (AvgIpc) is 2.88. The lowest BCUT2D eigenvalue weighted by Gasteiger charge is -2.53. The van der Waals surface area contributed by atoms with Gasteiger partial charge in [-0.05, 0) is 18.9 Å². The van der Waals surface area contributed by atoms with Crippen LogP contribution in [-0.2, 0) is 10.9 Å². The van der Waals surface area contributed by atoms with E-state index in [0.717, 1.165) is 37.9 Å². The normalized spacial score (nSPS) is 19.6. The van der Waals surface area contributed by atoms with Gasteiger partial charge in [-0.2, -0.15) is 13.2 Å². The van der Waals surface area contributed by atoms with Crippen molar-refractivity contribution in [2.75, 3.05) is 18.9 Å². The minimum Gasteiger partial charge on any atom is -0.383 e. The third-order valence-corrected chi connectivity index (χ3v) is 5.34. The van der Waals surface area contributed by atoms with Crippen molar-refractivity contribution in [3.63, 3.8) is 0 Å². The topological polar surface area (TPSA) is 66.0 Å². The molecular weight excluding hydrogens is 345 g/mol. The summed E-state index contributed by atoms with van der Waals surface area (Å²) in [6.45, 7) is 5.68. The van der Waals surface area contributed by atoms with Crippen molar-refractivity contribution in [3.8, 4) is 11.3 Å². The summed E-state index contributed by atoms with van der Waals surface area (Å²) < 4.78 is 46.8. The van der Waals surface area contributed by atoms with Crippen molar-refractivity contribution in [1.82, 2.24) is 14.5 Å². The molecule has 0 bridgehead atoms. The first-order valence-corrected chi connectivity index (χ1v) is 8.68. The first-order valence-electron chi connectivity index (χ1n) is 8.68. The largest absolute Gasteiger partial charge is 0.419 e. The van der Waals surface area contributed by atoms with Gasteiger partial charge in [0.15, 0.2) is 0 Å². The molecule has 0 amide bonds. The van der Waals surface area contributed by atoms with Gasteiger partial charge in [-0.3, -0.25) is 0 Å². The predicted molar refractivity (Wildman–Crippen MR) is 90.5 cm³/mol. The number of hydrogen-bond donors (Lipinski definition) is 1. The Morgan fingerprint density at radius 2 is 2.00 bits per heavy atom. The molecule has 4 rings (SSSR count). The monoisotopic (exact) mass is 366 g/mol. The minimum absolute atomic E-state index is 0.168. The van der Waals surface area contributed by atoms with E-state index in [4.69, 9.17) is 10.5 Å². The second kappa shape index (κ2) is 5.70. The predicted octanol–water partition coefficient (Wildman–Crippen LogP) is 4.02. The van der Waals surface area contributed by atoms with E-state index in [9.17, 15) is 13.2 Å². The number of nitrogen functional groups attached to an aromatic ring is 1. The van der Waals surface area contributed by atoms with Crippen LogP contribution in [0.5, 0.6) is 0 Å². The second-order valence-electron chi connectivity index (χ2n) is 7.76. The smallest absolute Gasteiger partial charge is 0.383 e. The number of pyridine rings is 1. The molecule has 2 fully saturated rings. The van der Waals surface area contributed by atoms with Gasteiger partial charge in [0.1, 0.15) is 11.6 Å². The highest BCUT2D eigenvalue weighted by Crippen LogP contribution is 2.53. The number of halogens is 3. The average molecular weight is 366 g/mol. The Balaban J connectivity index is 1.68. The minimum atomic E-state index is -4.54. The van der Waals surface area contributed by atoms with Crippen LogP contribution in [0.15, 0.2) is 18.5 Å². The standard InChI is InChI=1S/C18H21F3N4O/c1-10(2)16-24-14(7-25(16)12-4-17(5-12)8-26-9-17)11-3-13(18(19,20)21)15(22)23-6-11/h3,6-7,10,12H,4-5,8-9H2,1-2H3,(H2,22,23). The molecule has 2 aliphatic rings. The fourth-order valence-electron chi connectivity index (χ4n) is 3.87. The Labute approximate surface area is 149 Å². The molecule has 0 aromatic carbocycles. The molecule has 0 radical (unpaired) electrons. The number of aromatic nitrogens is 3. The van der Waals surface area contributed by atoms with Gasteiger partial charge in [0.25, 0.3) is 0 Å². The molecule has 2 aromatic heterocycles. The highest BCUT2D eigenvalue weighted by molar-refractivity contribution is 5.62.